The third-order valence-electron chi connectivity index (χ3n) is 2.96. The second-order valence-electron chi connectivity index (χ2n) is 4.51. The number of aromatic nitrogens is 3. The molecule has 1 N–H and O–H groups in total. The Balaban J connectivity index is 1.69. The van der Waals surface area contributed by atoms with Gasteiger partial charge in [0, 0.05) is 6.20 Å². The number of pyridine rings is 1. The summed E-state index contributed by atoms with van der Waals surface area (Å²) in [6.07, 6.45) is 3.09. The lowest BCUT2D eigenvalue weighted by molar-refractivity contribution is 0.302. The van der Waals surface area contributed by atoms with Crippen molar-refractivity contribution in [3.63, 3.8) is 0 Å². The van der Waals surface area contributed by atoms with Crippen LogP contribution in [0, 0.1) is 17.5 Å². The Morgan fingerprint density at radius 2 is 1.82 bits per heavy atom. The first-order valence-corrected chi connectivity index (χ1v) is 6.35. The third kappa shape index (κ3) is 2.93. The molecule has 0 aliphatic heterocycles. The predicted molar refractivity (Wildman–Crippen MR) is 72.5 cm³/mol. The maximum atomic E-state index is 13.1. The minimum absolute atomic E-state index is 0.0980. The lowest BCUT2D eigenvalue weighted by atomic mass is 10.2. The summed E-state index contributed by atoms with van der Waals surface area (Å²) in [5.41, 5.74) is 1.63. The van der Waals surface area contributed by atoms with Crippen molar-refractivity contribution in [2.45, 2.75) is 6.61 Å². The van der Waals surface area contributed by atoms with Crippen molar-refractivity contribution in [3.8, 4) is 17.1 Å². The van der Waals surface area contributed by atoms with Gasteiger partial charge in [0.25, 0.3) is 0 Å². The number of ether oxygens (including phenoxy) is 1. The first-order valence-electron chi connectivity index (χ1n) is 6.35. The molecular weight excluding hydrogens is 295 g/mol. The maximum absolute atomic E-state index is 13.1. The molecule has 0 amide bonds. The van der Waals surface area contributed by atoms with Gasteiger partial charge in [0.2, 0.25) is 0 Å². The number of hydrogen-bond donors (Lipinski definition) is 1. The SMILES string of the molecule is Fc1cc(COc2ccc(-c3ccn[nH]3)nc2)cc(F)c1F. The van der Waals surface area contributed by atoms with Gasteiger partial charge in [-0.3, -0.25) is 10.1 Å². The fraction of sp³-hybridized carbons (Fsp3) is 0.0667. The number of aromatic amines is 1. The zero-order valence-electron chi connectivity index (χ0n) is 11.2. The van der Waals surface area contributed by atoms with Crippen molar-refractivity contribution < 1.29 is 17.9 Å². The van der Waals surface area contributed by atoms with E-state index in [-0.39, 0.29) is 12.2 Å². The molecule has 0 atom stereocenters. The minimum Gasteiger partial charge on any atom is -0.487 e. The van der Waals surface area contributed by atoms with E-state index in [0.29, 0.717) is 11.4 Å². The van der Waals surface area contributed by atoms with Gasteiger partial charge in [-0.1, -0.05) is 0 Å². The predicted octanol–water partition coefficient (Wildman–Crippen LogP) is 3.47. The van der Waals surface area contributed by atoms with Crippen LogP contribution < -0.4 is 4.74 Å². The van der Waals surface area contributed by atoms with Gasteiger partial charge in [0.15, 0.2) is 17.5 Å². The van der Waals surface area contributed by atoms with Crippen molar-refractivity contribution in [2.75, 3.05) is 0 Å². The lowest BCUT2D eigenvalue weighted by Gasteiger charge is -2.07. The quantitative estimate of drug-likeness (QED) is 0.751. The molecule has 7 heteroatoms. The molecule has 4 nitrogen and oxygen atoms in total. The summed E-state index contributed by atoms with van der Waals surface area (Å²) in [4.78, 5) is 4.18. The molecule has 0 bridgehead atoms. The van der Waals surface area contributed by atoms with Gasteiger partial charge in [-0.15, -0.1) is 0 Å². The second kappa shape index (κ2) is 5.88. The van der Waals surface area contributed by atoms with Crippen LogP contribution in [-0.2, 0) is 6.61 Å². The van der Waals surface area contributed by atoms with Crippen LogP contribution in [0.4, 0.5) is 13.2 Å². The summed E-state index contributed by atoms with van der Waals surface area (Å²) < 4.78 is 44.4. The average Bonchev–Trinajstić information content (AvgIpc) is 3.05. The fourth-order valence-corrected chi connectivity index (χ4v) is 1.88. The van der Waals surface area contributed by atoms with Crippen LogP contribution >= 0.6 is 0 Å². The topological polar surface area (TPSA) is 50.8 Å². The Labute approximate surface area is 123 Å². The Bertz CT molecular complexity index is 750. The minimum atomic E-state index is -1.49. The Kier molecular flexibility index (Phi) is 3.78. The molecular formula is C15H10F3N3O. The van der Waals surface area contributed by atoms with Crippen LogP contribution in [0.25, 0.3) is 11.4 Å². The van der Waals surface area contributed by atoms with E-state index in [4.69, 9.17) is 4.74 Å². The van der Waals surface area contributed by atoms with Crippen molar-refractivity contribution in [3.05, 3.63) is 65.7 Å². The smallest absolute Gasteiger partial charge is 0.194 e. The number of halogens is 3. The molecule has 0 radical (unpaired) electrons. The van der Waals surface area contributed by atoms with E-state index in [1.165, 1.54) is 6.20 Å². The standard InChI is InChI=1S/C15H10F3N3O/c16-11-5-9(6-12(17)15(11)18)8-22-10-1-2-13(19-7-10)14-3-4-20-21-14/h1-7H,8H2,(H,20,21). The van der Waals surface area contributed by atoms with E-state index < -0.39 is 17.5 Å². The number of nitrogens with one attached hydrogen (secondary N) is 1. The van der Waals surface area contributed by atoms with Gasteiger partial charge in [-0.2, -0.15) is 5.10 Å². The molecule has 0 aliphatic rings. The molecule has 112 valence electrons. The highest BCUT2D eigenvalue weighted by Crippen LogP contribution is 2.19. The van der Waals surface area contributed by atoms with Gasteiger partial charge in [-0.05, 0) is 35.9 Å². The van der Waals surface area contributed by atoms with Crippen LogP contribution in [0.15, 0.2) is 42.7 Å². The van der Waals surface area contributed by atoms with Crippen LogP contribution in [0.2, 0.25) is 0 Å². The number of H-pyrrole nitrogens is 1. The molecule has 2 heterocycles. The summed E-state index contributed by atoms with van der Waals surface area (Å²) in [6.45, 7) is -0.0980. The fourth-order valence-electron chi connectivity index (χ4n) is 1.88. The summed E-state index contributed by atoms with van der Waals surface area (Å²) in [6, 6.07) is 6.94. The van der Waals surface area contributed by atoms with E-state index in [1.807, 2.05) is 0 Å². The Hall–Kier alpha value is -2.83. The first-order chi connectivity index (χ1) is 10.6. The molecule has 0 spiro atoms. The monoisotopic (exact) mass is 305 g/mol. The van der Waals surface area contributed by atoms with Gasteiger partial charge < -0.3 is 4.74 Å². The highest BCUT2D eigenvalue weighted by molar-refractivity contribution is 5.53. The zero-order chi connectivity index (χ0) is 15.5. The van der Waals surface area contributed by atoms with Crippen LogP contribution in [0.1, 0.15) is 5.56 Å². The number of rotatable bonds is 4. The summed E-state index contributed by atoms with van der Waals surface area (Å²) in [5.74, 6) is -3.56. The molecule has 22 heavy (non-hydrogen) atoms. The van der Waals surface area contributed by atoms with Gasteiger partial charge in [-0.25, -0.2) is 13.2 Å². The first kappa shape index (κ1) is 14.1. The Morgan fingerprint density at radius 1 is 1.05 bits per heavy atom. The molecule has 3 aromatic rings. The van der Waals surface area contributed by atoms with Crippen molar-refractivity contribution in [1.82, 2.24) is 15.2 Å². The highest BCUT2D eigenvalue weighted by Gasteiger charge is 2.11. The summed E-state index contributed by atoms with van der Waals surface area (Å²) in [7, 11) is 0. The second-order valence-corrected chi connectivity index (χ2v) is 4.51. The molecule has 0 unspecified atom stereocenters. The molecule has 3 rings (SSSR count). The van der Waals surface area contributed by atoms with Crippen LogP contribution in [0.3, 0.4) is 0 Å². The van der Waals surface area contributed by atoms with Crippen LogP contribution in [-0.4, -0.2) is 15.2 Å². The van der Waals surface area contributed by atoms with Crippen molar-refractivity contribution >= 4 is 0 Å². The van der Waals surface area contributed by atoms with E-state index in [1.54, 1.807) is 24.4 Å². The average molecular weight is 305 g/mol. The third-order valence-corrected chi connectivity index (χ3v) is 2.96. The Morgan fingerprint density at radius 3 is 2.41 bits per heavy atom. The van der Waals surface area contributed by atoms with Crippen molar-refractivity contribution in [2.24, 2.45) is 0 Å². The van der Waals surface area contributed by atoms with E-state index in [2.05, 4.69) is 15.2 Å². The summed E-state index contributed by atoms with van der Waals surface area (Å²) >= 11 is 0. The van der Waals surface area contributed by atoms with Gasteiger partial charge >= 0.3 is 0 Å². The molecule has 0 saturated carbocycles. The maximum Gasteiger partial charge on any atom is 0.194 e. The van der Waals surface area contributed by atoms with Crippen LogP contribution in [0.5, 0.6) is 5.75 Å². The molecule has 2 aromatic heterocycles. The zero-order valence-corrected chi connectivity index (χ0v) is 11.2. The highest BCUT2D eigenvalue weighted by atomic mass is 19.2. The number of benzene rings is 1. The number of nitrogens with zero attached hydrogens (tertiary/aromatic N) is 2. The molecule has 0 fully saturated rings. The lowest BCUT2D eigenvalue weighted by Crippen LogP contribution is -2.00. The van der Waals surface area contributed by atoms with Crippen molar-refractivity contribution in [1.29, 1.82) is 0 Å². The van der Waals surface area contributed by atoms with E-state index in [0.717, 1.165) is 17.8 Å². The molecule has 0 aliphatic carbocycles. The molecule has 1 aromatic carbocycles. The summed E-state index contributed by atoms with van der Waals surface area (Å²) in [5, 5.41) is 6.60. The molecule has 0 saturated heterocycles. The van der Waals surface area contributed by atoms with E-state index >= 15 is 0 Å². The normalized spacial score (nSPS) is 10.7. The van der Waals surface area contributed by atoms with Gasteiger partial charge in [0.1, 0.15) is 12.4 Å². The van der Waals surface area contributed by atoms with E-state index in [9.17, 15) is 13.2 Å². The number of hydrogen-bond acceptors (Lipinski definition) is 3. The van der Waals surface area contributed by atoms with Gasteiger partial charge in [0.05, 0.1) is 17.6 Å². The largest absolute Gasteiger partial charge is 0.487 e.